The molecule has 0 fully saturated rings. The molecule has 0 aliphatic carbocycles. The van der Waals surface area contributed by atoms with Crippen molar-refractivity contribution in [2.45, 2.75) is 6.54 Å². The Labute approximate surface area is 151 Å². The van der Waals surface area contributed by atoms with Crippen LogP contribution >= 0.6 is 11.6 Å². The van der Waals surface area contributed by atoms with Crippen LogP contribution in [-0.2, 0) is 11.3 Å². The number of anilines is 1. The van der Waals surface area contributed by atoms with Crippen molar-refractivity contribution >= 4 is 23.3 Å². The van der Waals surface area contributed by atoms with Crippen LogP contribution in [0, 0.1) is 0 Å². The molecule has 0 saturated heterocycles. The van der Waals surface area contributed by atoms with Crippen molar-refractivity contribution < 1.29 is 4.79 Å². The minimum absolute atomic E-state index is 0.124. The third kappa shape index (κ3) is 4.89. The Morgan fingerprint density at radius 1 is 1.28 bits per heavy atom. The molecule has 0 unspecified atom stereocenters. The van der Waals surface area contributed by atoms with Gasteiger partial charge in [0.1, 0.15) is 5.82 Å². The van der Waals surface area contributed by atoms with Gasteiger partial charge in [-0.15, -0.1) is 0 Å². The third-order valence-corrected chi connectivity index (χ3v) is 3.76. The van der Waals surface area contributed by atoms with E-state index < -0.39 is 0 Å². The average molecular weight is 356 g/mol. The fourth-order valence-corrected chi connectivity index (χ4v) is 2.58. The van der Waals surface area contributed by atoms with Gasteiger partial charge in [0.05, 0.1) is 17.3 Å². The van der Waals surface area contributed by atoms with E-state index in [1.54, 1.807) is 18.3 Å². The number of rotatable bonds is 6. The number of halogens is 1. The molecule has 25 heavy (non-hydrogen) atoms. The first kappa shape index (κ1) is 17.1. The standard InChI is InChI=1S/C18H18ClN5O/c1-23(13-18(25)22-17-7-6-15(19)11-20-17)12-14-4-2-5-16(10-14)24-9-3-8-21-24/h2-11H,12-13H2,1H3,(H,20,22,25). The molecule has 1 aromatic carbocycles. The quantitative estimate of drug-likeness (QED) is 0.738. The number of hydrogen-bond donors (Lipinski definition) is 1. The van der Waals surface area contributed by atoms with E-state index in [-0.39, 0.29) is 12.5 Å². The maximum Gasteiger partial charge on any atom is 0.239 e. The molecule has 3 rings (SSSR count). The average Bonchev–Trinajstić information content (AvgIpc) is 3.11. The summed E-state index contributed by atoms with van der Waals surface area (Å²) in [7, 11) is 1.90. The highest BCUT2D eigenvalue weighted by Crippen LogP contribution is 2.12. The largest absolute Gasteiger partial charge is 0.310 e. The SMILES string of the molecule is CN(CC(=O)Nc1ccc(Cl)cn1)Cc1cccc(-n2cccn2)c1. The number of benzene rings is 1. The zero-order valence-corrected chi connectivity index (χ0v) is 14.5. The Kier molecular flexibility index (Phi) is 5.42. The number of likely N-dealkylation sites (N-methyl/N-ethyl adjacent to an activating group) is 1. The van der Waals surface area contributed by atoms with Crippen molar-refractivity contribution in [2.24, 2.45) is 0 Å². The van der Waals surface area contributed by atoms with E-state index in [1.807, 2.05) is 47.1 Å². The molecule has 1 N–H and O–H groups in total. The van der Waals surface area contributed by atoms with E-state index in [2.05, 4.69) is 21.5 Å². The first-order valence-electron chi connectivity index (χ1n) is 7.79. The topological polar surface area (TPSA) is 63.1 Å². The summed E-state index contributed by atoms with van der Waals surface area (Å²) in [4.78, 5) is 18.1. The van der Waals surface area contributed by atoms with Gasteiger partial charge in [-0.1, -0.05) is 23.7 Å². The highest BCUT2D eigenvalue weighted by molar-refractivity contribution is 6.30. The fourth-order valence-electron chi connectivity index (χ4n) is 2.46. The minimum atomic E-state index is -0.124. The highest BCUT2D eigenvalue weighted by Gasteiger charge is 2.09. The lowest BCUT2D eigenvalue weighted by Gasteiger charge is -2.16. The van der Waals surface area contributed by atoms with Crippen LogP contribution in [0.4, 0.5) is 5.82 Å². The predicted octanol–water partition coefficient (Wildman–Crippen LogP) is 2.99. The number of carbonyl (C=O) groups is 1. The maximum atomic E-state index is 12.1. The van der Waals surface area contributed by atoms with E-state index >= 15 is 0 Å². The van der Waals surface area contributed by atoms with Crippen LogP contribution in [0.2, 0.25) is 5.02 Å². The van der Waals surface area contributed by atoms with Crippen molar-refractivity contribution in [1.82, 2.24) is 19.7 Å². The fraction of sp³-hybridized carbons (Fsp3) is 0.167. The Morgan fingerprint density at radius 2 is 2.16 bits per heavy atom. The molecule has 0 bridgehead atoms. The molecule has 0 aliphatic heterocycles. The van der Waals surface area contributed by atoms with Crippen molar-refractivity contribution in [3.8, 4) is 5.69 Å². The maximum absolute atomic E-state index is 12.1. The Morgan fingerprint density at radius 3 is 2.88 bits per heavy atom. The molecule has 0 aliphatic rings. The molecule has 2 aromatic heterocycles. The van der Waals surface area contributed by atoms with Crippen LogP contribution in [0.1, 0.15) is 5.56 Å². The summed E-state index contributed by atoms with van der Waals surface area (Å²) in [5.74, 6) is 0.365. The number of amides is 1. The van der Waals surface area contributed by atoms with Crippen molar-refractivity contribution in [1.29, 1.82) is 0 Å². The number of aromatic nitrogens is 3. The van der Waals surface area contributed by atoms with Gasteiger partial charge in [0.15, 0.2) is 0 Å². The van der Waals surface area contributed by atoms with E-state index in [4.69, 9.17) is 11.6 Å². The summed E-state index contributed by atoms with van der Waals surface area (Å²) in [6.45, 7) is 0.910. The monoisotopic (exact) mass is 355 g/mol. The zero-order valence-electron chi connectivity index (χ0n) is 13.8. The first-order chi connectivity index (χ1) is 12.1. The smallest absolute Gasteiger partial charge is 0.239 e. The third-order valence-electron chi connectivity index (χ3n) is 3.54. The molecular weight excluding hydrogens is 338 g/mol. The van der Waals surface area contributed by atoms with Crippen molar-refractivity contribution in [3.63, 3.8) is 0 Å². The van der Waals surface area contributed by atoms with Crippen LogP contribution in [0.25, 0.3) is 5.69 Å². The van der Waals surface area contributed by atoms with Gasteiger partial charge in [0.2, 0.25) is 5.91 Å². The van der Waals surface area contributed by atoms with Crippen molar-refractivity contribution in [3.05, 3.63) is 71.6 Å². The molecule has 2 heterocycles. The van der Waals surface area contributed by atoms with E-state index in [1.165, 1.54) is 6.20 Å². The van der Waals surface area contributed by atoms with Gasteiger partial charge >= 0.3 is 0 Å². The summed E-state index contributed by atoms with van der Waals surface area (Å²) in [6.07, 6.45) is 5.14. The van der Waals surface area contributed by atoms with Crippen molar-refractivity contribution in [2.75, 3.05) is 18.9 Å². The summed E-state index contributed by atoms with van der Waals surface area (Å²) < 4.78 is 1.81. The molecule has 0 radical (unpaired) electrons. The molecule has 7 heteroatoms. The van der Waals surface area contributed by atoms with Crippen LogP contribution in [0.15, 0.2) is 61.1 Å². The number of carbonyl (C=O) groups excluding carboxylic acids is 1. The molecule has 0 saturated carbocycles. The first-order valence-corrected chi connectivity index (χ1v) is 8.17. The second-order valence-corrected chi connectivity index (χ2v) is 6.14. The summed E-state index contributed by atoms with van der Waals surface area (Å²) in [6, 6.07) is 13.3. The summed E-state index contributed by atoms with van der Waals surface area (Å²) in [5.41, 5.74) is 2.10. The van der Waals surface area contributed by atoms with Crippen LogP contribution in [0.5, 0.6) is 0 Å². The number of hydrogen-bond acceptors (Lipinski definition) is 4. The van der Waals surface area contributed by atoms with Crippen LogP contribution in [0.3, 0.4) is 0 Å². The summed E-state index contributed by atoms with van der Waals surface area (Å²) in [5, 5.41) is 7.52. The van der Waals surface area contributed by atoms with Gasteiger partial charge in [-0.25, -0.2) is 9.67 Å². The molecule has 0 spiro atoms. The van der Waals surface area contributed by atoms with E-state index in [9.17, 15) is 4.79 Å². The molecule has 6 nitrogen and oxygen atoms in total. The molecule has 3 aromatic rings. The van der Waals surface area contributed by atoms with E-state index in [0.717, 1.165) is 11.3 Å². The zero-order chi connectivity index (χ0) is 17.6. The van der Waals surface area contributed by atoms with E-state index in [0.29, 0.717) is 17.4 Å². The lowest BCUT2D eigenvalue weighted by atomic mass is 10.2. The highest BCUT2D eigenvalue weighted by atomic mass is 35.5. The number of nitrogens with zero attached hydrogens (tertiary/aromatic N) is 4. The summed E-state index contributed by atoms with van der Waals surface area (Å²) >= 11 is 5.78. The molecule has 128 valence electrons. The number of pyridine rings is 1. The minimum Gasteiger partial charge on any atom is -0.310 e. The van der Waals surface area contributed by atoms with Gasteiger partial charge in [-0.3, -0.25) is 9.69 Å². The van der Waals surface area contributed by atoms with Gasteiger partial charge < -0.3 is 5.32 Å². The Bertz CT molecular complexity index is 833. The molecule has 0 atom stereocenters. The molecular formula is C18H18ClN5O. The molecule has 1 amide bonds. The second kappa shape index (κ2) is 7.92. The van der Waals surface area contributed by atoms with Gasteiger partial charge in [0, 0.05) is 25.1 Å². The number of nitrogens with one attached hydrogen (secondary N) is 1. The van der Waals surface area contributed by atoms with Crippen LogP contribution in [-0.4, -0.2) is 39.2 Å². The van der Waals surface area contributed by atoms with Gasteiger partial charge in [-0.05, 0) is 42.9 Å². The van der Waals surface area contributed by atoms with Gasteiger partial charge in [-0.2, -0.15) is 5.10 Å². The van der Waals surface area contributed by atoms with Crippen LogP contribution < -0.4 is 5.32 Å². The Balaban J connectivity index is 1.57. The lowest BCUT2D eigenvalue weighted by molar-refractivity contribution is -0.117. The van der Waals surface area contributed by atoms with Gasteiger partial charge in [0.25, 0.3) is 0 Å². The lowest BCUT2D eigenvalue weighted by Crippen LogP contribution is -2.30. The normalized spacial score (nSPS) is 10.8. The second-order valence-electron chi connectivity index (χ2n) is 5.70. The predicted molar refractivity (Wildman–Crippen MR) is 97.8 cm³/mol. The Hall–Kier alpha value is -2.70.